The SMILES string of the molecule is Cc1cc(C)cc(OCCN2CCNC(=O)C2)c1. The molecule has 0 spiro atoms. The van der Waals surface area contributed by atoms with Crippen LogP contribution in [0.3, 0.4) is 0 Å². The minimum atomic E-state index is 0.104. The maximum Gasteiger partial charge on any atom is 0.234 e. The summed E-state index contributed by atoms with van der Waals surface area (Å²) < 4.78 is 5.73. The average Bonchev–Trinajstić information content (AvgIpc) is 2.27. The minimum Gasteiger partial charge on any atom is -0.492 e. The number of piperazine rings is 1. The zero-order valence-electron chi connectivity index (χ0n) is 11.0. The van der Waals surface area contributed by atoms with E-state index in [4.69, 9.17) is 4.74 Å². The molecule has 2 rings (SSSR count). The first kappa shape index (κ1) is 12.9. The van der Waals surface area contributed by atoms with Crippen molar-refractivity contribution >= 4 is 5.91 Å². The molecule has 0 bridgehead atoms. The second kappa shape index (κ2) is 5.87. The number of nitrogens with zero attached hydrogens (tertiary/aromatic N) is 1. The summed E-state index contributed by atoms with van der Waals surface area (Å²) in [5, 5.41) is 2.81. The zero-order valence-corrected chi connectivity index (χ0v) is 11.0. The summed E-state index contributed by atoms with van der Waals surface area (Å²) in [5.74, 6) is 1.02. The minimum absolute atomic E-state index is 0.104. The number of hydrogen-bond donors (Lipinski definition) is 1. The fourth-order valence-corrected chi connectivity index (χ4v) is 2.19. The summed E-state index contributed by atoms with van der Waals surface area (Å²) in [6, 6.07) is 6.20. The Morgan fingerprint density at radius 1 is 1.28 bits per heavy atom. The van der Waals surface area contributed by atoms with Crippen molar-refractivity contribution < 1.29 is 9.53 Å². The van der Waals surface area contributed by atoms with Crippen LogP contribution < -0.4 is 10.1 Å². The molecule has 1 saturated heterocycles. The predicted octanol–water partition coefficient (Wildman–Crippen LogP) is 1.11. The standard InChI is InChI=1S/C14H20N2O2/c1-11-7-12(2)9-13(8-11)18-6-5-16-4-3-15-14(17)10-16/h7-9H,3-6,10H2,1-2H3,(H,15,17). The molecular weight excluding hydrogens is 228 g/mol. The van der Waals surface area contributed by atoms with E-state index >= 15 is 0 Å². The Morgan fingerprint density at radius 3 is 2.67 bits per heavy atom. The van der Waals surface area contributed by atoms with Gasteiger partial charge in [-0.1, -0.05) is 6.07 Å². The number of benzene rings is 1. The van der Waals surface area contributed by atoms with Crippen LogP contribution in [0, 0.1) is 13.8 Å². The number of carbonyl (C=O) groups is 1. The lowest BCUT2D eigenvalue weighted by atomic mass is 10.1. The van der Waals surface area contributed by atoms with Gasteiger partial charge >= 0.3 is 0 Å². The van der Waals surface area contributed by atoms with E-state index in [9.17, 15) is 4.79 Å². The van der Waals surface area contributed by atoms with Gasteiger partial charge in [0.05, 0.1) is 6.54 Å². The van der Waals surface area contributed by atoms with Crippen molar-refractivity contribution in [2.24, 2.45) is 0 Å². The van der Waals surface area contributed by atoms with Gasteiger partial charge in [0.15, 0.2) is 0 Å². The Morgan fingerprint density at radius 2 is 2.00 bits per heavy atom. The summed E-state index contributed by atoms with van der Waals surface area (Å²) in [6.45, 7) is 7.67. The molecule has 0 atom stereocenters. The zero-order chi connectivity index (χ0) is 13.0. The van der Waals surface area contributed by atoms with Gasteiger partial charge in [-0.15, -0.1) is 0 Å². The first-order valence-corrected chi connectivity index (χ1v) is 6.33. The molecule has 1 fully saturated rings. The molecule has 0 aromatic heterocycles. The molecule has 0 unspecified atom stereocenters. The van der Waals surface area contributed by atoms with Crippen LogP contribution in [0.1, 0.15) is 11.1 Å². The van der Waals surface area contributed by atoms with Crippen molar-refractivity contribution in [2.45, 2.75) is 13.8 Å². The van der Waals surface area contributed by atoms with Gasteiger partial charge in [-0.05, 0) is 37.1 Å². The molecule has 1 aromatic carbocycles. The summed E-state index contributed by atoms with van der Waals surface area (Å²) >= 11 is 0. The number of hydrogen-bond acceptors (Lipinski definition) is 3. The molecule has 0 radical (unpaired) electrons. The number of ether oxygens (including phenoxy) is 1. The quantitative estimate of drug-likeness (QED) is 0.868. The number of rotatable bonds is 4. The van der Waals surface area contributed by atoms with Crippen LogP contribution in [-0.2, 0) is 4.79 Å². The van der Waals surface area contributed by atoms with E-state index < -0.39 is 0 Å². The maximum atomic E-state index is 11.2. The highest BCUT2D eigenvalue weighted by molar-refractivity contribution is 5.78. The lowest BCUT2D eigenvalue weighted by molar-refractivity contribution is -0.124. The van der Waals surface area contributed by atoms with E-state index in [1.807, 2.05) is 12.1 Å². The van der Waals surface area contributed by atoms with E-state index in [2.05, 4.69) is 30.1 Å². The molecule has 1 amide bonds. The van der Waals surface area contributed by atoms with Crippen LogP contribution in [0.2, 0.25) is 0 Å². The van der Waals surface area contributed by atoms with Crippen molar-refractivity contribution in [1.82, 2.24) is 10.2 Å². The molecular formula is C14H20N2O2. The molecule has 1 aromatic rings. The van der Waals surface area contributed by atoms with E-state index in [-0.39, 0.29) is 5.91 Å². The van der Waals surface area contributed by atoms with E-state index in [1.165, 1.54) is 11.1 Å². The van der Waals surface area contributed by atoms with Crippen molar-refractivity contribution in [3.63, 3.8) is 0 Å². The summed E-state index contributed by atoms with van der Waals surface area (Å²) in [4.78, 5) is 13.3. The molecule has 4 heteroatoms. The lowest BCUT2D eigenvalue weighted by Gasteiger charge is -2.26. The van der Waals surface area contributed by atoms with Crippen LogP contribution >= 0.6 is 0 Å². The van der Waals surface area contributed by atoms with Crippen LogP contribution in [0.5, 0.6) is 5.75 Å². The second-order valence-corrected chi connectivity index (χ2v) is 4.80. The Hall–Kier alpha value is -1.55. The van der Waals surface area contributed by atoms with Crippen molar-refractivity contribution in [3.8, 4) is 5.75 Å². The maximum absolute atomic E-state index is 11.2. The van der Waals surface area contributed by atoms with Gasteiger partial charge in [0.2, 0.25) is 5.91 Å². The molecule has 0 saturated carbocycles. The highest BCUT2D eigenvalue weighted by atomic mass is 16.5. The number of amides is 1. The van der Waals surface area contributed by atoms with Crippen molar-refractivity contribution in [2.75, 3.05) is 32.8 Å². The van der Waals surface area contributed by atoms with E-state index in [0.717, 1.165) is 25.4 Å². The fourth-order valence-electron chi connectivity index (χ4n) is 2.19. The van der Waals surface area contributed by atoms with Crippen LogP contribution in [0.25, 0.3) is 0 Å². The topological polar surface area (TPSA) is 41.6 Å². The van der Waals surface area contributed by atoms with Crippen molar-refractivity contribution in [1.29, 1.82) is 0 Å². The van der Waals surface area contributed by atoms with Gasteiger partial charge in [-0.3, -0.25) is 9.69 Å². The molecule has 1 aliphatic heterocycles. The van der Waals surface area contributed by atoms with Gasteiger partial charge in [-0.25, -0.2) is 0 Å². The van der Waals surface area contributed by atoms with Gasteiger partial charge in [-0.2, -0.15) is 0 Å². The molecule has 1 aliphatic rings. The largest absolute Gasteiger partial charge is 0.492 e. The van der Waals surface area contributed by atoms with E-state index in [1.54, 1.807) is 0 Å². The normalized spacial score (nSPS) is 16.4. The first-order valence-electron chi connectivity index (χ1n) is 6.33. The molecule has 0 aliphatic carbocycles. The predicted molar refractivity (Wildman–Crippen MR) is 70.9 cm³/mol. The molecule has 1 N–H and O–H groups in total. The summed E-state index contributed by atoms with van der Waals surface area (Å²) in [6.07, 6.45) is 0. The van der Waals surface area contributed by atoms with Gasteiger partial charge in [0.25, 0.3) is 0 Å². The number of aryl methyl sites for hydroxylation is 2. The molecule has 18 heavy (non-hydrogen) atoms. The van der Waals surface area contributed by atoms with Gasteiger partial charge in [0.1, 0.15) is 12.4 Å². The Labute approximate surface area is 108 Å². The Bertz CT molecular complexity index is 412. The van der Waals surface area contributed by atoms with Crippen molar-refractivity contribution in [3.05, 3.63) is 29.3 Å². The monoisotopic (exact) mass is 248 g/mol. The Balaban J connectivity index is 1.79. The van der Waals surface area contributed by atoms with Gasteiger partial charge < -0.3 is 10.1 Å². The number of nitrogens with one attached hydrogen (secondary N) is 1. The molecule has 4 nitrogen and oxygen atoms in total. The highest BCUT2D eigenvalue weighted by Gasteiger charge is 2.15. The number of carbonyl (C=O) groups excluding carboxylic acids is 1. The third-order valence-electron chi connectivity index (χ3n) is 2.99. The lowest BCUT2D eigenvalue weighted by Crippen LogP contribution is -2.48. The molecule has 1 heterocycles. The smallest absolute Gasteiger partial charge is 0.234 e. The van der Waals surface area contributed by atoms with Crippen LogP contribution in [0.15, 0.2) is 18.2 Å². The third kappa shape index (κ3) is 3.74. The third-order valence-corrected chi connectivity index (χ3v) is 2.99. The fraction of sp³-hybridized carbons (Fsp3) is 0.500. The second-order valence-electron chi connectivity index (χ2n) is 4.80. The van der Waals surface area contributed by atoms with E-state index in [0.29, 0.717) is 13.2 Å². The summed E-state index contributed by atoms with van der Waals surface area (Å²) in [5.41, 5.74) is 2.42. The summed E-state index contributed by atoms with van der Waals surface area (Å²) in [7, 11) is 0. The average molecular weight is 248 g/mol. The van der Waals surface area contributed by atoms with Crippen LogP contribution in [-0.4, -0.2) is 43.6 Å². The van der Waals surface area contributed by atoms with Gasteiger partial charge in [0, 0.05) is 19.6 Å². The first-order chi connectivity index (χ1) is 8.63. The molecule has 98 valence electrons. The Kier molecular flexibility index (Phi) is 4.20. The van der Waals surface area contributed by atoms with Crippen LogP contribution in [0.4, 0.5) is 0 Å². The highest BCUT2D eigenvalue weighted by Crippen LogP contribution is 2.16.